The number of nitrogens with one attached hydrogen (secondary N) is 1. The number of likely N-dealkylation sites (N-methyl/N-ethyl adjacent to an activating group) is 1. The largest absolute Gasteiger partial charge is 0.478 e. The van der Waals surface area contributed by atoms with Gasteiger partial charge in [0, 0.05) is 31.4 Å². The van der Waals surface area contributed by atoms with Crippen LogP contribution in [0.1, 0.15) is 19.5 Å². The van der Waals surface area contributed by atoms with Crippen LogP contribution in [0, 0.1) is 6.92 Å². The van der Waals surface area contributed by atoms with Crippen molar-refractivity contribution >= 4 is 5.95 Å². The van der Waals surface area contributed by atoms with Crippen molar-refractivity contribution in [2.45, 2.75) is 26.9 Å². The van der Waals surface area contributed by atoms with Gasteiger partial charge in [0.05, 0.1) is 19.3 Å². The molecule has 2 heterocycles. The van der Waals surface area contributed by atoms with Crippen LogP contribution >= 0.6 is 0 Å². The summed E-state index contributed by atoms with van der Waals surface area (Å²) in [5, 5.41) is 3.24. The Morgan fingerprint density at radius 1 is 1.45 bits per heavy atom. The Morgan fingerprint density at radius 2 is 2.30 bits per heavy atom. The van der Waals surface area contributed by atoms with Crippen LogP contribution in [0.15, 0.2) is 6.07 Å². The molecule has 1 saturated heterocycles. The maximum atomic E-state index is 5.75. The Hall–Kier alpha value is -1.40. The van der Waals surface area contributed by atoms with E-state index in [1.54, 1.807) is 0 Å². The lowest BCUT2D eigenvalue weighted by Crippen LogP contribution is -2.45. The van der Waals surface area contributed by atoms with Crippen LogP contribution in [0.3, 0.4) is 0 Å². The molecule has 0 bridgehead atoms. The second-order valence-electron chi connectivity index (χ2n) is 4.87. The van der Waals surface area contributed by atoms with Crippen LogP contribution < -0.4 is 10.1 Å². The summed E-state index contributed by atoms with van der Waals surface area (Å²) in [6.07, 6.45) is 0.184. The van der Waals surface area contributed by atoms with Gasteiger partial charge in [-0.3, -0.25) is 4.90 Å². The van der Waals surface area contributed by atoms with E-state index in [4.69, 9.17) is 9.47 Å². The molecule has 20 heavy (non-hydrogen) atoms. The Kier molecular flexibility index (Phi) is 5.55. The van der Waals surface area contributed by atoms with Crippen molar-refractivity contribution in [1.29, 1.82) is 0 Å². The molecule has 1 N–H and O–H groups in total. The third-order valence-electron chi connectivity index (χ3n) is 3.28. The first-order chi connectivity index (χ1) is 9.71. The molecule has 0 aromatic carbocycles. The van der Waals surface area contributed by atoms with E-state index in [-0.39, 0.29) is 6.10 Å². The molecular formula is C14H24N4O2. The highest BCUT2D eigenvalue weighted by Crippen LogP contribution is 2.12. The van der Waals surface area contributed by atoms with Gasteiger partial charge in [0.1, 0.15) is 0 Å². The lowest BCUT2D eigenvalue weighted by atomic mass is 10.2. The van der Waals surface area contributed by atoms with Crippen molar-refractivity contribution in [2.75, 3.05) is 44.7 Å². The molecule has 112 valence electrons. The number of hydrogen-bond donors (Lipinski definition) is 1. The number of morpholine rings is 1. The van der Waals surface area contributed by atoms with Gasteiger partial charge in [0.2, 0.25) is 11.8 Å². The summed E-state index contributed by atoms with van der Waals surface area (Å²) in [6.45, 7) is 11.2. The summed E-state index contributed by atoms with van der Waals surface area (Å²) in [4.78, 5) is 11.1. The highest BCUT2D eigenvalue weighted by atomic mass is 16.5. The average molecular weight is 280 g/mol. The molecule has 0 aliphatic carbocycles. The zero-order chi connectivity index (χ0) is 14.4. The summed E-state index contributed by atoms with van der Waals surface area (Å²) in [5.41, 5.74) is 0.894. The summed E-state index contributed by atoms with van der Waals surface area (Å²) in [7, 11) is 0. The molecule has 0 amide bonds. The van der Waals surface area contributed by atoms with E-state index < -0.39 is 0 Å². The first-order valence-electron chi connectivity index (χ1n) is 7.27. The van der Waals surface area contributed by atoms with Gasteiger partial charge < -0.3 is 14.8 Å². The topological polar surface area (TPSA) is 59.5 Å². The van der Waals surface area contributed by atoms with E-state index in [0.717, 1.165) is 31.9 Å². The number of nitrogens with zero attached hydrogens (tertiary/aromatic N) is 3. The fraction of sp³-hybridized carbons (Fsp3) is 0.714. The maximum Gasteiger partial charge on any atom is 0.226 e. The first-order valence-corrected chi connectivity index (χ1v) is 7.27. The van der Waals surface area contributed by atoms with Crippen LogP contribution in [0.4, 0.5) is 5.95 Å². The fourth-order valence-electron chi connectivity index (χ4n) is 2.24. The van der Waals surface area contributed by atoms with Crippen LogP contribution in [0.25, 0.3) is 0 Å². The van der Waals surface area contributed by atoms with Gasteiger partial charge in [-0.2, -0.15) is 4.98 Å². The average Bonchev–Trinajstić information content (AvgIpc) is 2.45. The molecule has 2 rings (SSSR count). The molecule has 1 fully saturated rings. The van der Waals surface area contributed by atoms with Crippen molar-refractivity contribution in [2.24, 2.45) is 0 Å². The van der Waals surface area contributed by atoms with Crippen molar-refractivity contribution in [3.05, 3.63) is 11.8 Å². The first kappa shape index (κ1) is 15.0. The molecule has 0 radical (unpaired) electrons. The van der Waals surface area contributed by atoms with E-state index in [1.165, 1.54) is 0 Å². The molecule has 1 aliphatic heterocycles. The number of anilines is 1. The summed E-state index contributed by atoms with van der Waals surface area (Å²) < 4.78 is 11.2. The SMILES string of the molecule is CCOc1cc(C)nc(NCC2CN(CC)CCO2)n1. The molecule has 1 aromatic heterocycles. The standard InChI is InChI=1S/C14H24N4O2/c1-4-18-6-7-20-12(10-18)9-15-14-16-11(3)8-13(17-14)19-5-2/h8,12H,4-7,9-10H2,1-3H3,(H,15,16,17). The smallest absolute Gasteiger partial charge is 0.226 e. The quantitative estimate of drug-likeness (QED) is 0.848. The van der Waals surface area contributed by atoms with Gasteiger partial charge in [-0.25, -0.2) is 4.98 Å². The fourth-order valence-corrected chi connectivity index (χ4v) is 2.24. The van der Waals surface area contributed by atoms with Gasteiger partial charge in [-0.05, 0) is 20.4 Å². The Labute approximate surface area is 120 Å². The predicted octanol–water partition coefficient (Wildman–Crippen LogP) is 1.32. The maximum absolute atomic E-state index is 5.75. The molecule has 1 unspecified atom stereocenters. The molecular weight excluding hydrogens is 256 g/mol. The van der Waals surface area contributed by atoms with Crippen molar-refractivity contribution in [1.82, 2.24) is 14.9 Å². The second-order valence-corrected chi connectivity index (χ2v) is 4.87. The number of hydrogen-bond acceptors (Lipinski definition) is 6. The van der Waals surface area contributed by atoms with E-state index in [9.17, 15) is 0 Å². The molecule has 6 nitrogen and oxygen atoms in total. The molecule has 0 spiro atoms. The van der Waals surface area contributed by atoms with E-state index in [1.807, 2.05) is 19.9 Å². The van der Waals surface area contributed by atoms with E-state index >= 15 is 0 Å². The van der Waals surface area contributed by atoms with Gasteiger partial charge >= 0.3 is 0 Å². The van der Waals surface area contributed by atoms with E-state index in [0.29, 0.717) is 25.0 Å². The minimum atomic E-state index is 0.184. The van der Waals surface area contributed by atoms with Gasteiger partial charge in [-0.15, -0.1) is 0 Å². The van der Waals surface area contributed by atoms with Gasteiger partial charge in [-0.1, -0.05) is 6.92 Å². The van der Waals surface area contributed by atoms with Gasteiger partial charge in [0.25, 0.3) is 0 Å². The summed E-state index contributed by atoms with van der Waals surface area (Å²) in [6, 6.07) is 1.84. The molecule has 1 aliphatic rings. The van der Waals surface area contributed by atoms with Crippen molar-refractivity contribution in [3.8, 4) is 5.88 Å². The molecule has 6 heteroatoms. The second kappa shape index (κ2) is 7.40. The summed E-state index contributed by atoms with van der Waals surface area (Å²) in [5.74, 6) is 1.22. The van der Waals surface area contributed by atoms with Crippen LogP contribution in [0.2, 0.25) is 0 Å². The highest BCUT2D eigenvalue weighted by Gasteiger charge is 2.19. The Morgan fingerprint density at radius 3 is 3.05 bits per heavy atom. The Bertz CT molecular complexity index is 428. The lowest BCUT2D eigenvalue weighted by molar-refractivity contribution is -0.0192. The number of aryl methyl sites for hydroxylation is 1. The van der Waals surface area contributed by atoms with Gasteiger partial charge in [0.15, 0.2) is 0 Å². The zero-order valence-electron chi connectivity index (χ0n) is 12.6. The molecule has 1 atom stereocenters. The van der Waals surface area contributed by atoms with Crippen molar-refractivity contribution in [3.63, 3.8) is 0 Å². The van der Waals surface area contributed by atoms with Crippen LogP contribution in [-0.4, -0.2) is 60.4 Å². The third kappa shape index (κ3) is 4.31. The highest BCUT2D eigenvalue weighted by molar-refractivity contribution is 5.30. The normalized spacial score (nSPS) is 19.9. The summed E-state index contributed by atoms with van der Waals surface area (Å²) >= 11 is 0. The van der Waals surface area contributed by atoms with Crippen molar-refractivity contribution < 1.29 is 9.47 Å². The monoisotopic (exact) mass is 280 g/mol. The minimum Gasteiger partial charge on any atom is -0.478 e. The zero-order valence-corrected chi connectivity index (χ0v) is 12.6. The Balaban J connectivity index is 1.89. The predicted molar refractivity (Wildman–Crippen MR) is 78.3 cm³/mol. The van der Waals surface area contributed by atoms with Crippen LogP contribution in [-0.2, 0) is 4.74 Å². The molecule has 0 saturated carbocycles. The number of aromatic nitrogens is 2. The lowest BCUT2D eigenvalue weighted by Gasteiger charge is -2.32. The van der Waals surface area contributed by atoms with Crippen LogP contribution in [0.5, 0.6) is 5.88 Å². The minimum absolute atomic E-state index is 0.184. The molecule has 1 aromatic rings. The third-order valence-corrected chi connectivity index (χ3v) is 3.28. The number of rotatable bonds is 6. The van der Waals surface area contributed by atoms with E-state index in [2.05, 4.69) is 27.1 Å². The number of ether oxygens (including phenoxy) is 2.